The highest BCUT2D eigenvalue weighted by molar-refractivity contribution is 5.79. The van der Waals surface area contributed by atoms with E-state index in [0.29, 0.717) is 23.8 Å². The number of ether oxygens (including phenoxy) is 3. The number of amides is 1. The van der Waals surface area contributed by atoms with Gasteiger partial charge in [-0.2, -0.15) is 5.10 Å². The lowest BCUT2D eigenvalue weighted by molar-refractivity contribution is -0.120. The van der Waals surface area contributed by atoms with Crippen molar-refractivity contribution in [3.8, 4) is 22.9 Å². The fraction of sp³-hybridized carbons (Fsp3) is 0.238. The average Bonchev–Trinajstić information content (AvgIpc) is 3.26. The fourth-order valence-electron chi connectivity index (χ4n) is 2.87. The number of nitrogens with zero attached hydrogens (tertiary/aromatic N) is 2. The number of rotatable bonds is 8. The Hall–Kier alpha value is -3.48. The molecule has 0 aliphatic carbocycles. The smallest absolute Gasteiger partial charge is 0.224 e. The van der Waals surface area contributed by atoms with Crippen LogP contribution in [0.1, 0.15) is 11.1 Å². The SMILES string of the molecule is COc1cc(CC(=O)NCc2ccc(-n3cccn3)cc2)cc(OC)c1OC. The van der Waals surface area contributed by atoms with E-state index < -0.39 is 0 Å². The molecule has 1 aromatic heterocycles. The standard InChI is InChI=1S/C21H23N3O4/c1-26-18-11-16(12-19(27-2)21(18)28-3)13-20(25)22-14-15-5-7-17(8-6-15)24-10-4-9-23-24/h4-12H,13-14H2,1-3H3,(H,22,25). The van der Waals surface area contributed by atoms with E-state index in [2.05, 4.69) is 10.4 Å². The van der Waals surface area contributed by atoms with Crippen molar-refractivity contribution in [2.24, 2.45) is 0 Å². The van der Waals surface area contributed by atoms with Crippen molar-refractivity contribution in [2.75, 3.05) is 21.3 Å². The second-order valence-electron chi connectivity index (χ2n) is 6.10. The van der Waals surface area contributed by atoms with Gasteiger partial charge in [-0.25, -0.2) is 4.68 Å². The van der Waals surface area contributed by atoms with Crippen molar-refractivity contribution in [1.82, 2.24) is 15.1 Å². The molecule has 0 radical (unpaired) electrons. The van der Waals surface area contributed by atoms with Gasteiger partial charge in [-0.15, -0.1) is 0 Å². The van der Waals surface area contributed by atoms with E-state index in [1.165, 1.54) is 0 Å². The molecule has 3 aromatic rings. The van der Waals surface area contributed by atoms with Crippen molar-refractivity contribution in [1.29, 1.82) is 0 Å². The van der Waals surface area contributed by atoms with Crippen molar-refractivity contribution < 1.29 is 19.0 Å². The molecule has 1 heterocycles. The average molecular weight is 381 g/mol. The maximum absolute atomic E-state index is 12.4. The monoisotopic (exact) mass is 381 g/mol. The molecule has 0 saturated heterocycles. The van der Waals surface area contributed by atoms with Gasteiger partial charge in [0.25, 0.3) is 0 Å². The molecule has 3 rings (SSSR count). The molecule has 0 bridgehead atoms. The van der Waals surface area contributed by atoms with E-state index >= 15 is 0 Å². The molecule has 0 spiro atoms. The van der Waals surface area contributed by atoms with E-state index in [4.69, 9.17) is 14.2 Å². The third kappa shape index (κ3) is 4.43. The molecule has 0 aliphatic rings. The second kappa shape index (κ2) is 8.94. The highest BCUT2D eigenvalue weighted by atomic mass is 16.5. The molecule has 0 aliphatic heterocycles. The largest absolute Gasteiger partial charge is 0.493 e. The van der Waals surface area contributed by atoms with Crippen molar-refractivity contribution in [3.63, 3.8) is 0 Å². The van der Waals surface area contributed by atoms with Gasteiger partial charge in [-0.05, 0) is 41.5 Å². The molecule has 7 heteroatoms. The number of methoxy groups -OCH3 is 3. The summed E-state index contributed by atoms with van der Waals surface area (Å²) in [6.45, 7) is 0.447. The van der Waals surface area contributed by atoms with Crippen LogP contribution in [-0.2, 0) is 17.8 Å². The van der Waals surface area contributed by atoms with E-state index in [1.54, 1.807) is 44.3 Å². The van der Waals surface area contributed by atoms with Gasteiger partial charge in [-0.1, -0.05) is 12.1 Å². The summed E-state index contributed by atoms with van der Waals surface area (Å²) < 4.78 is 17.7. The summed E-state index contributed by atoms with van der Waals surface area (Å²) in [7, 11) is 4.65. The van der Waals surface area contributed by atoms with Gasteiger partial charge in [0.15, 0.2) is 11.5 Å². The summed E-state index contributed by atoms with van der Waals surface area (Å²) in [5, 5.41) is 7.13. The molecule has 0 fully saturated rings. The van der Waals surface area contributed by atoms with Crippen molar-refractivity contribution in [2.45, 2.75) is 13.0 Å². The first kappa shape index (κ1) is 19.3. The highest BCUT2D eigenvalue weighted by Gasteiger charge is 2.14. The van der Waals surface area contributed by atoms with Gasteiger partial charge in [0, 0.05) is 18.9 Å². The van der Waals surface area contributed by atoms with E-state index in [1.807, 2.05) is 36.5 Å². The Morgan fingerprint density at radius 2 is 1.68 bits per heavy atom. The highest BCUT2D eigenvalue weighted by Crippen LogP contribution is 2.38. The number of hydrogen-bond acceptors (Lipinski definition) is 5. The van der Waals surface area contributed by atoms with Gasteiger partial charge in [0.1, 0.15) is 0 Å². The predicted molar refractivity (Wildman–Crippen MR) is 105 cm³/mol. The first-order valence-corrected chi connectivity index (χ1v) is 8.79. The van der Waals surface area contributed by atoms with Gasteiger partial charge >= 0.3 is 0 Å². The summed E-state index contributed by atoms with van der Waals surface area (Å²) in [4.78, 5) is 12.4. The van der Waals surface area contributed by atoms with Gasteiger partial charge in [-0.3, -0.25) is 4.79 Å². The van der Waals surface area contributed by atoms with E-state index in [0.717, 1.165) is 16.8 Å². The van der Waals surface area contributed by atoms with Crippen LogP contribution in [-0.4, -0.2) is 37.0 Å². The van der Waals surface area contributed by atoms with Crippen LogP contribution in [0, 0.1) is 0 Å². The summed E-state index contributed by atoms with van der Waals surface area (Å²) in [6.07, 6.45) is 3.83. The lowest BCUT2D eigenvalue weighted by Gasteiger charge is -2.14. The molecule has 1 amide bonds. The molecule has 146 valence electrons. The minimum absolute atomic E-state index is 0.0922. The zero-order valence-corrected chi connectivity index (χ0v) is 16.1. The lowest BCUT2D eigenvalue weighted by atomic mass is 10.1. The summed E-state index contributed by atoms with van der Waals surface area (Å²) in [5.74, 6) is 1.47. The number of aromatic nitrogens is 2. The maximum Gasteiger partial charge on any atom is 0.224 e. The van der Waals surface area contributed by atoms with Crippen molar-refractivity contribution >= 4 is 5.91 Å². The zero-order valence-electron chi connectivity index (χ0n) is 16.1. The van der Waals surface area contributed by atoms with Crippen LogP contribution < -0.4 is 19.5 Å². The molecule has 2 aromatic carbocycles. The molecular formula is C21H23N3O4. The molecule has 1 N–H and O–H groups in total. The number of carbonyl (C=O) groups is 1. The molecule has 7 nitrogen and oxygen atoms in total. The van der Waals surface area contributed by atoms with E-state index in [-0.39, 0.29) is 12.3 Å². The molecule has 0 atom stereocenters. The summed E-state index contributed by atoms with van der Waals surface area (Å²) in [5.41, 5.74) is 2.76. The van der Waals surface area contributed by atoms with Crippen LogP contribution in [0.15, 0.2) is 54.9 Å². The van der Waals surface area contributed by atoms with Crippen LogP contribution >= 0.6 is 0 Å². The Kier molecular flexibility index (Phi) is 6.16. The number of nitrogens with one attached hydrogen (secondary N) is 1. The summed E-state index contributed by atoms with van der Waals surface area (Å²) in [6, 6.07) is 13.3. The lowest BCUT2D eigenvalue weighted by Crippen LogP contribution is -2.24. The quantitative estimate of drug-likeness (QED) is 0.649. The molecule has 0 saturated carbocycles. The Balaban J connectivity index is 1.61. The maximum atomic E-state index is 12.4. The van der Waals surface area contributed by atoms with Gasteiger partial charge in [0.2, 0.25) is 11.7 Å². The molecule has 0 unspecified atom stereocenters. The van der Waals surface area contributed by atoms with E-state index in [9.17, 15) is 4.79 Å². The third-order valence-corrected chi connectivity index (χ3v) is 4.28. The van der Waals surface area contributed by atoms with Gasteiger partial charge in [0.05, 0.1) is 33.4 Å². The minimum atomic E-state index is -0.0922. The van der Waals surface area contributed by atoms with Crippen LogP contribution in [0.4, 0.5) is 0 Å². The molecule has 28 heavy (non-hydrogen) atoms. The third-order valence-electron chi connectivity index (χ3n) is 4.28. The Labute approximate surface area is 163 Å². The van der Waals surface area contributed by atoms with Crippen LogP contribution in [0.3, 0.4) is 0 Å². The van der Waals surface area contributed by atoms with Gasteiger partial charge < -0.3 is 19.5 Å². The Morgan fingerprint density at radius 1 is 1.00 bits per heavy atom. The topological polar surface area (TPSA) is 74.6 Å². The second-order valence-corrected chi connectivity index (χ2v) is 6.10. The van der Waals surface area contributed by atoms with Crippen LogP contribution in [0.25, 0.3) is 5.69 Å². The molecular weight excluding hydrogens is 358 g/mol. The number of carbonyl (C=O) groups excluding carboxylic acids is 1. The minimum Gasteiger partial charge on any atom is -0.493 e. The number of hydrogen-bond donors (Lipinski definition) is 1. The van der Waals surface area contributed by atoms with Crippen LogP contribution in [0.5, 0.6) is 17.2 Å². The van der Waals surface area contributed by atoms with Crippen molar-refractivity contribution in [3.05, 3.63) is 66.0 Å². The first-order chi connectivity index (χ1) is 13.6. The predicted octanol–water partition coefficient (Wildman–Crippen LogP) is 2.76. The number of benzene rings is 2. The zero-order chi connectivity index (χ0) is 19.9. The van der Waals surface area contributed by atoms with Crippen LogP contribution in [0.2, 0.25) is 0 Å². The fourth-order valence-corrected chi connectivity index (χ4v) is 2.87. The first-order valence-electron chi connectivity index (χ1n) is 8.79. The normalized spacial score (nSPS) is 10.4. The Morgan fingerprint density at radius 3 is 2.21 bits per heavy atom. The Bertz CT molecular complexity index is 896. The summed E-state index contributed by atoms with van der Waals surface area (Å²) >= 11 is 0.